The lowest BCUT2D eigenvalue weighted by Crippen LogP contribution is -2.30. The molecule has 1 heterocycles. The van der Waals surface area contributed by atoms with E-state index in [9.17, 15) is 0 Å². The zero-order chi connectivity index (χ0) is 22.2. The van der Waals surface area contributed by atoms with Crippen molar-refractivity contribution >= 4 is 16.5 Å². The minimum atomic E-state index is -0.315. The molecule has 0 atom stereocenters. The third-order valence-corrected chi connectivity index (χ3v) is 6.05. The van der Waals surface area contributed by atoms with Gasteiger partial charge in [-0.3, -0.25) is 0 Å². The normalized spacial score (nSPS) is 12.1. The topological polar surface area (TPSA) is 29.9 Å². The second-order valence-electron chi connectivity index (χ2n) is 9.51. The summed E-state index contributed by atoms with van der Waals surface area (Å²) < 4.78 is 2.00. The van der Waals surface area contributed by atoms with Gasteiger partial charge in [0.15, 0.2) is 0 Å². The highest BCUT2D eigenvalue weighted by molar-refractivity contribution is 5.90. The smallest absolute Gasteiger partial charge is 0.0877 e. The summed E-state index contributed by atoms with van der Waals surface area (Å²) in [5.74, 6) is 0.899. The number of fused-ring (bicyclic) bond motifs is 1. The molecule has 4 rings (SSSR count). The van der Waals surface area contributed by atoms with E-state index in [2.05, 4.69) is 120 Å². The van der Waals surface area contributed by atoms with Crippen LogP contribution in [0, 0.1) is 0 Å². The summed E-state index contributed by atoms with van der Waals surface area (Å²) in [6, 6.07) is 23.6. The van der Waals surface area contributed by atoms with Gasteiger partial charge in [0.2, 0.25) is 0 Å². The molecule has 0 fully saturated rings. The van der Waals surface area contributed by atoms with Gasteiger partial charge in [-0.25, -0.2) is 4.68 Å². The highest BCUT2D eigenvalue weighted by Crippen LogP contribution is 2.36. The van der Waals surface area contributed by atoms with Crippen LogP contribution in [0.5, 0.6) is 0 Å². The zero-order valence-corrected chi connectivity index (χ0v) is 19.5. The molecule has 0 aliphatic carbocycles. The second-order valence-corrected chi connectivity index (χ2v) is 9.51. The average molecular weight is 412 g/mol. The molecule has 0 saturated heterocycles. The van der Waals surface area contributed by atoms with Crippen molar-refractivity contribution in [3.8, 4) is 5.69 Å². The number of aromatic nitrogens is 2. The van der Waals surface area contributed by atoms with Gasteiger partial charge in [-0.1, -0.05) is 82.3 Å². The number of para-hydroxylation sites is 1. The quantitative estimate of drug-likeness (QED) is 0.354. The van der Waals surface area contributed by atoms with E-state index >= 15 is 0 Å². The molecule has 0 spiro atoms. The van der Waals surface area contributed by atoms with Crippen LogP contribution < -0.4 is 5.32 Å². The fourth-order valence-electron chi connectivity index (χ4n) is 4.27. The Balaban J connectivity index is 1.73. The van der Waals surface area contributed by atoms with Crippen molar-refractivity contribution in [2.45, 2.75) is 58.9 Å². The zero-order valence-electron chi connectivity index (χ0n) is 19.5. The van der Waals surface area contributed by atoms with Crippen LogP contribution in [0.2, 0.25) is 0 Å². The third-order valence-electron chi connectivity index (χ3n) is 6.05. The van der Waals surface area contributed by atoms with Crippen molar-refractivity contribution in [2.24, 2.45) is 0 Å². The number of hydrogen-bond donors (Lipinski definition) is 1. The summed E-state index contributed by atoms with van der Waals surface area (Å²) in [5, 5.41) is 11.3. The predicted octanol–water partition coefficient (Wildman–Crippen LogP) is 7.62. The van der Waals surface area contributed by atoms with Crippen LogP contribution in [0.3, 0.4) is 0 Å². The molecule has 1 aromatic heterocycles. The van der Waals surface area contributed by atoms with E-state index in [0.717, 1.165) is 11.4 Å². The first-order chi connectivity index (χ1) is 14.8. The van der Waals surface area contributed by atoms with E-state index in [1.807, 2.05) is 4.68 Å². The standard InChI is InChI=1S/C28H33N3/c1-19(2)22-14-10-15-23(20(3)4)27(22)29-28(5,6)26-17-18-31(30-26)25-16-9-12-21-11-7-8-13-24(21)25/h7-20,29H,1-6H3. The summed E-state index contributed by atoms with van der Waals surface area (Å²) in [4.78, 5) is 0. The maximum atomic E-state index is 5.00. The Hall–Kier alpha value is -3.07. The number of nitrogens with zero attached hydrogens (tertiary/aromatic N) is 2. The lowest BCUT2D eigenvalue weighted by molar-refractivity contribution is 0.574. The minimum absolute atomic E-state index is 0.315. The minimum Gasteiger partial charge on any atom is -0.374 e. The highest BCUT2D eigenvalue weighted by atomic mass is 15.3. The van der Waals surface area contributed by atoms with Gasteiger partial charge in [-0.15, -0.1) is 0 Å². The molecule has 0 saturated carbocycles. The fourth-order valence-corrected chi connectivity index (χ4v) is 4.27. The van der Waals surface area contributed by atoms with Crippen molar-refractivity contribution in [1.29, 1.82) is 0 Å². The predicted molar refractivity (Wildman–Crippen MR) is 132 cm³/mol. The molecule has 31 heavy (non-hydrogen) atoms. The van der Waals surface area contributed by atoms with Crippen LogP contribution in [0.4, 0.5) is 5.69 Å². The molecular weight excluding hydrogens is 378 g/mol. The number of rotatable bonds is 6. The largest absolute Gasteiger partial charge is 0.374 e. The molecule has 160 valence electrons. The van der Waals surface area contributed by atoms with Gasteiger partial charge in [0.1, 0.15) is 0 Å². The molecule has 4 aromatic rings. The van der Waals surface area contributed by atoms with Crippen LogP contribution in [0.1, 0.15) is 70.2 Å². The van der Waals surface area contributed by atoms with Gasteiger partial charge < -0.3 is 5.32 Å². The molecular formula is C28H33N3. The number of hydrogen-bond acceptors (Lipinski definition) is 2. The maximum Gasteiger partial charge on any atom is 0.0877 e. The van der Waals surface area contributed by atoms with Crippen molar-refractivity contribution in [2.75, 3.05) is 5.32 Å². The van der Waals surface area contributed by atoms with Crippen molar-refractivity contribution in [1.82, 2.24) is 9.78 Å². The molecule has 0 amide bonds. The lowest BCUT2D eigenvalue weighted by Gasteiger charge is -2.30. The van der Waals surface area contributed by atoms with E-state index in [0.29, 0.717) is 11.8 Å². The molecule has 0 unspecified atom stereocenters. The van der Waals surface area contributed by atoms with E-state index in [4.69, 9.17) is 5.10 Å². The summed E-state index contributed by atoms with van der Waals surface area (Å²) in [6.07, 6.45) is 2.07. The molecule has 3 nitrogen and oxygen atoms in total. The van der Waals surface area contributed by atoms with Gasteiger partial charge >= 0.3 is 0 Å². The Morgan fingerprint density at radius 2 is 1.39 bits per heavy atom. The van der Waals surface area contributed by atoms with E-state index in [1.54, 1.807) is 0 Å². The molecule has 0 aliphatic rings. The molecule has 0 aliphatic heterocycles. The van der Waals surface area contributed by atoms with Crippen LogP contribution in [0.15, 0.2) is 72.9 Å². The van der Waals surface area contributed by atoms with Gasteiger partial charge in [-0.05, 0) is 54.3 Å². The fraction of sp³-hybridized carbons (Fsp3) is 0.321. The van der Waals surface area contributed by atoms with Gasteiger partial charge in [0, 0.05) is 17.3 Å². The average Bonchev–Trinajstić information content (AvgIpc) is 3.24. The van der Waals surface area contributed by atoms with Gasteiger partial charge in [0.25, 0.3) is 0 Å². The summed E-state index contributed by atoms with van der Waals surface area (Å²) in [5.41, 5.74) is 5.77. The van der Waals surface area contributed by atoms with Crippen molar-refractivity contribution < 1.29 is 0 Å². The number of nitrogens with one attached hydrogen (secondary N) is 1. The van der Waals surface area contributed by atoms with Crippen LogP contribution in [0.25, 0.3) is 16.5 Å². The highest BCUT2D eigenvalue weighted by Gasteiger charge is 2.27. The van der Waals surface area contributed by atoms with Crippen molar-refractivity contribution in [3.05, 3.63) is 89.7 Å². The Morgan fingerprint density at radius 1 is 0.774 bits per heavy atom. The first kappa shape index (κ1) is 21.2. The molecule has 3 heteroatoms. The van der Waals surface area contributed by atoms with E-state index < -0.39 is 0 Å². The first-order valence-corrected chi connectivity index (χ1v) is 11.2. The van der Waals surface area contributed by atoms with Crippen LogP contribution in [-0.2, 0) is 5.54 Å². The third kappa shape index (κ3) is 4.10. The Bertz CT molecular complexity index is 1170. The Kier molecular flexibility index (Phi) is 5.62. The molecule has 0 bridgehead atoms. The number of anilines is 1. The Morgan fingerprint density at radius 3 is 2.06 bits per heavy atom. The molecule has 0 radical (unpaired) electrons. The SMILES string of the molecule is CC(C)c1cccc(C(C)C)c1NC(C)(C)c1ccn(-c2cccc3ccccc23)n1. The monoisotopic (exact) mass is 411 g/mol. The second kappa shape index (κ2) is 8.22. The van der Waals surface area contributed by atoms with Crippen LogP contribution in [-0.4, -0.2) is 9.78 Å². The lowest BCUT2D eigenvalue weighted by atomic mass is 9.90. The molecule has 3 aromatic carbocycles. The van der Waals surface area contributed by atoms with Gasteiger partial charge in [0.05, 0.1) is 16.9 Å². The van der Waals surface area contributed by atoms with Gasteiger partial charge in [-0.2, -0.15) is 5.10 Å². The summed E-state index contributed by atoms with van der Waals surface area (Å²) in [7, 11) is 0. The van der Waals surface area contributed by atoms with E-state index in [1.165, 1.54) is 27.6 Å². The van der Waals surface area contributed by atoms with Crippen LogP contribution >= 0.6 is 0 Å². The number of benzene rings is 3. The molecule has 1 N–H and O–H groups in total. The summed E-state index contributed by atoms with van der Waals surface area (Å²) in [6.45, 7) is 13.5. The van der Waals surface area contributed by atoms with E-state index in [-0.39, 0.29) is 5.54 Å². The Labute approximate surface area is 186 Å². The van der Waals surface area contributed by atoms with Crippen molar-refractivity contribution in [3.63, 3.8) is 0 Å². The summed E-state index contributed by atoms with van der Waals surface area (Å²) >= 11 is 0. The first-order valence-electron chi connectivity index (χ1n) is 11.2. The maximum absolute atomic E-state index is 5.00.